The van der Waals surface area contributed by atoms with E-state index in [0.717, 1.165) is 11.1 Å². The molecule has 0 aliphatic heterocycles. The van der Waals surface area contributed by atoms with Gasteiger partial charge in [-0.05, 0) is 55.3 Å². The van der Waals surface area contributed by atoms with Crippen molar-refractivity contribution in [1.29, 1.82) is 0 Å². The highest BCUT2D eigenvalue weighted by atomic mass is 35.5. The Hall–Kier alpha value is -2.37. The average Bonchev–Trinajstić information content (AvgIpc) is 2.52. The highest BCUT2D eigenvalue weighted by Crippen LogP contribution is 2.26. The molecule has 0 heterocycles. The fraction of sp³-hybridized carbons (Fsp3) is 0.222. The summed E-state index contributed by atoms with van der Waals surface area (Å²) in [7, 11) is 0. The monoisotopic (exact) mass is 345 g/mol. The van der Waals surface area contributed by atoms with Crippen LogP contribution in [0.1, 0.15) is 27.9 Å². The molecule has 0 spiro atoms. The molecule has 0 saturated carbocycles. The lowest BCUT2D eigenvalue weighted by molar-refractivity contribution is -0.116. The molecule has 6 heteroatoms. The molecule has 0 fully saturated rings. The van der Waals surface area contributed by atoms with Crippen molar-refractivity contribution in [2.75, 3.05) is 17.2 Å². The summed E-state index contributed by atoms with van der Waals surface area (Å²) < 4.78 is 0. The summed E-state index contributed by atoms with van der Waals surface area (Å²) in [4.78, 5) is 24.2. The quantitative estimate of drug-likeness (QED) is 0.775. The Labute approximate surface area is 146 Å². The van der Waals surface area contributed by atoms with Crippen LogP contribution in [0, 0.1) is 13.8 Å². The lowest BCUT2D eigenvalue weighted by Crippen LogP contribution is -2.19. The third-order valence-corrected chi connectivity index (χ3v) is 3.88. The predicted molar refractivity (Wildman–Crippen MR) is 97.6 cm³/mol. The van der Waals surface area contributed by atoms with E-state index in [4.69, 9.17) is 17.3 Å². The van der Waals surface area contributed by atoms with Crippen LogP contribution in [0.5, 0.6) is 0 Å². The van der Waals surface area contributed by atoms with Gasteiger partial charge in [0, 0.05) is 23.6 Å². The Morgan fingerprint density at radius 1 is 1.00 bits per heavy atom. The topological polar surface area (TPSA) is 84.2 Å². The van der Waals surface area contributed by atoms with Gasteiger partial charge in [0.1, 0.15) is 0 Å². The maximum Gasteiger partial charge on any atom is 0.255 e. The maximum absolute atomic E-state index is 12.4. The first kappa shape index (κ1) is 18.0. The van der Waals surface area contributed by atoms with Crippen molar-refractivity contribution in [2.45, 2.75) is 20.3 Å². The summed E-state index contributed by atoms with van der Waals surface area (Å²) in [6, 6.07) is 10.4. The molecule has 0 saturated heterocycles. The summed E-state index contributed by atoms with van der Waals surface area (Å²) >= 11 is 5.98. The Bertz CT molecular complexity index is 775. The van der Waals surface area contributed by atoms with Crippen molar-refractivity contribution in [2.24, 2.45) is 5.73 Å². The highest BCUT2D eigenvalue weighted by Gasteiger charge is 2.12. The van der Waals surface area contributed by atoms with E-state index in [1.54, 1.807) is 24.3 Å². The normalized spacial score (nSPS) is 10.3. The number of hydrogen-bond donors (Lipinski definition) is 3. The van der Waals surface area contributed by atoms with Gasteiger partial charge in [0.05, 0.1) is 11.4 Å². The lowest BCUT2D eigenvalue weighted by Gasteiger charge is -2.13. The van der Waals surface area contributed by atoms with Crippen molar-refractivity contribution < 1.29 is 9.59 Å². The fourth-order valence-corrected chi connectivity index (χ4v) is 2.32. The van der Waals surface area contributed by atoms with E-state index in [1.165, 1.54) is 0 Å². The number of hydrogen-bond acceptors (Lipinski definition) is 3. The first-order valence-electron chi connectivity index (χ1n) is 7.59. The molecule has 0 unspecified atom stereocenters. The molecular weight excluding hydrogens is 326 g/mol. The van der Waals surface area contributed by atoms with Gasteiger partial charge in [-0.1, -0.05) is 17.7 Å². The van der Waals surface area contributed by atoms with E-state index in [1.807, 2.05) is 26.0 Å². The van der Waals surface area contributed by atoms with Crippen LogP contribution >= 0.6 is 11.6 Å². The number of anilines is 2. The van der Waals surface area contributed by atoms with Crippen LogP contribution in [0.4, 0.5) is 11.4 Å². The maximum atomic E-state index is 12.4. The van der Waals surface area contributed by atoms with E-state index in [-0.39, 0.29) is 24.8 Å². The smallest absolute Gasteiger partial charge is 0.255 e. The van der Waals surface area contributed by atoms with Crippen LogP contribution in [0.2, 0.25) is 5.02 Å². The van der Waals surface area contributed by atoms with Crippen LogP contribution in [0.25, 0.3) is 0 Å². The van der Waals surface area contributed by atoms with Crippen molar-refractivity contribution in [3.05, 3.63) is 58.1 Å². The first-order valence-corrected chi connectivity index (χ1v) is 7.96. The van der Waals surface area contributed by atoms with Crippen LogP contribution in [0.3, 0.4) is 0 Å². The van der Waals surface area contributed by atoms with Crippen LogP contribution in [0.15, 0.2) is 36.4 Å². The molecule has 0 aliphatic rings. The van der Waals surface area contributed by atoms with E-state index in [2.05, 4.69) is 10.6 Å². The summed E-state index contributed by atoms with van der Waals surface area (Å²) in [6.07, 6.45) is 0.192. The molecule has 126 valence electrons. The largest absolute Gasteiger partial charge is 0.330 e. The molecule has 2 rings (SSSR count). The molecule has 0 atom stereocenters. The van der Waals surface area contributed by atoms with Gasteiger partial charge in [0.2, 0.25) is 5.91 Å². The zero-order chi connectivity index (χ0) is 17.7. The fourth-order valence-electron chi connectivity index (χ4n) is 2.15. The summed E-state index contributed by atoms with van der Waals surface area (Å²) in [5.74, 6) is -0.490. The zero-order valence-electron chi connectivity index (χ0n) is 13.7. The molecule has 5 nitrogen and oxygen atoms in total. The third-order valence-electron chi connectivity index (χ3n) is 3.64. The Kier molecular flexibility index (Phi) is 5.95. The van der Waals surface area contributed by atoms with E-state index in [0.29, 0.717) is 22.0 Å². The number of nitrogens with one attached hydrogen (secondary N) is 2. The average molecular weight is 346 g/mol. The highest BCUT2D eigenvalue weighted by molar-refractivity contribution is 6.31. The van der Waals surface area contributed by atoms with Crippen LogP contribution < -0.4 is 16.4 Å². The molecule has 4 N–H and O–H groups in total. The molecule has 24 heavy (non-hydrogen) atoms. The number of aryl methyl sites for hydroxylation is 2. The van der Waals surface area contributed by atoms with Gasteiger partial charge >= 0.3 is 0 Å². The molecule has 2 aromatic rings. The summed E-state index contributed by atoms with van der Waals surface area (Å²) in [5, 5.41) is 5.98. The number of halogens is 1. The minimum atomic E-state index is -0.255. The second-order valence-electron chi connectivity index (χ2n) is 5.53. The van der Waals surface area contributed by atoms with Crippen molar-refractivity contribution in [3.8, 4) is 0 Å². The number of carbonyl (C=O) groups excluding carboxylic acids is 2. The molecular formula is C18H20ClN3O2. The van der Waals surface area contributed by atoms with Gasteiger partial charge in [0.15, 0.2) is 0 Å². The number of carbonyl (C=O) groups is 2. The zero-order valence-corrected chi connectivity index (χ0v) is 14.4. The number of nitrogens with two attached hydrogens (primary N) is 1. The minimum absolute atomic E-state index is 0.192. The van der Waals surface area contributed by atoms with Gasteiger partial charge in [-0.15, -0.1) is 0 Å². The summed E-state index contributed by atoms with van der Waals surface area (Å²) in [5.41, 5.74) is 9.00. The van der Waals surface area contributed by atoms with E-state index >= 15 is 0 Å². The second-order valence-corrected chi connectivity index (χ2v) is 5.97. The third kappa shape index (κ3) is 4.57. The number of rotatable bonds is 5. The Balaban J connectivity index is 2.23. The number of amides is 2. The van der Waals surface area contributed by atoms with Crippen LogP contribution in [-0.2, 0) is 4.79 Å². The molecule has 2 amide bonds. The van der Waals surface area contributed by atoms with Gasteiger partial charge in [0.25, 0.3) is 5.91 Å². The van der Waals surface area contributed by atoms with Gasteiger partial charge in [-0.25, -0.2) is 0 Å². The number of benzene rings is 2. The Morgan fingerprint density at radius 3 is 2.42 bits per heavy atom. The molecule has 0 radical (unpaired) electrons. The summed E-state index contributed by atoms with van der Waals surface area (Å²) in [6.45, 7) is 4.19. The molecule has 0 aromatic heterocycles. The van der Waals surface area contributed by atoms with E-state index < -0.39 is 0 Å². The Morgan fingerprint density at radius 2 is 1.75 bits per heavy atom. The molecule has 2 aromatic carbocycles. The van der Waals surface area contributed by atoms with Gasteiger partial charge < -0.3 is 16.4 Å². The lowest BCUT2D eigenvalue weighted by atomic mass is 10.1. The first-order chi connectivity index (χ1) is 11.4. The van der Waals surface area contributed by atoms with Crippen molar-refractivity contribution in [1.82, 2.24) is 0 Å². The van der Waals surface area contributed by atoms with E-state index in [9.17, 15) is 9.59 Å². The van der Waals surface area contributed by atoms with Gasteiger partial charge in [-0.3, -0.25) is 9.59 Å². The van der Waals surface area contributed by atoms with Gasteiger partial charge in [-0.2, -0.15) is 0 Å². The minimum Gasteiger partial charge on any atom is -0.330 e. The van der Waals surface area contributed by atoms with Crippen molar-refractivity contribution in [3.63, 3.8) is 0 Å². The van der Waals surface area contributed by atoms with Crippen molar-refractivity contribution >= 4 is 34.8 Å². The SMILES string of the molecule is Cc1ccc(C(=O)Nc2ccc(Cl)cc2NC(=O)CCN)cc1C. The molecule has 0 bridgehead atoms. The predicted octanol–water partition coefficient (Wildman–Crippen LogP) is 3.50. The van der Waals surface area contributed by atoms with Crippen LogP contribution in [-0.4, -0.2) is 18.4 Å². The second kappa shape index (κ2) is 7.95. The molecule has 0 aliphatic carbocycles. The standard InChI is InChI=1S/C18H20ClN3O2/c1-11-3-4-13(9-12(11)2)18(24)22-15-6-5-14(19)10-16(15)21-17(23)7-8-20/h3-6,9-10H,7-8,20H2,1-2H3,(H,21,23)(H,22,24).